The van der Waals surface area contributed by atoms with Crippen molar-refractivity contribution in [3.8, 4) is 0 Å². The Morgan fingerprint density at radius 2 is 2.11 bits per heavy atom. The van der Waals surface area contributed by atoms with E-state index in [9.17, 15) is 13.6 Å². The van der Waals surface area contributed by atoms with Gasteiger partial charge in [-0.05, 0) is 30.7 Å². The monoisotopic (exact) mass is 267 g/mol. The van der Waals surface area contributed by atoms with Gasteiger partial charge in [-0.15, -0.1) is 11.3 Å². The van der Waals surface area contributed by atoms with Gasteiger partial charge in [0.1, 0.15) is 22.4 Å². The van der Waals surface area contributed by atoms with Crippen LogP contribution >= 0.6 is 11.3 Å². The number of carbonyl (C=O) groups excluding carboxylic acids is 1. The predicted octanol–water partition coefficient (Wildman–Crippen LogP) is 3.08. The Balaban J connectivity index is 2.05. The first-order valence-corrected chi connectivity index (χ1v) is 6.29. The van der Waals surface area contributed by atoms with Crippen LogP contribution in [-0.4, -0.2) is 10.8 Å². The van der Waals surface area contributed by atoms with Crippen molar-refractivity contribution in [2.45, 2.75) is 19.8 Å². The summed E-state index contributed by atoms with van der Waals surface area (Å²) < 4.78 is 26.3. The minimum Gasteiger partial charge on any atom is -0.299 e. The van der Waals surface area contributed by atoms with E-state index in [4.69, 9.17) is 0 Å². The van der Waals surface area contributed by atoms with Crippen molar-refractivity contribution in [3.63, 3.8) is 0 Å². The van der Waals surface area contributed by atoms with Crippen molar-refractivity contribution in [2.75, 3.05) is 0 Å². The van der Waals surface area contributed by atoms with Gasteiger partial charge in [0.05, 0.1) is 6.42 Å². The molecule has 1 heterocycles. The lowest BCUT2D eigenvalue weighted by Gasteiger charge is -2.02. The molecule has 0 aliphatic heterocycles. The average Bonchev–Trinajstić information content (AvgIpc) is 2.69. The molecular formula is C13H11F2NOS. The van der Waals surface area contributed by atoms with Gasteiger partial charge in [-0.2, -0.15) is 0 Å². The largest absolute Gasteiger partial charge is 0.299 e. The van der Waals surface area contributed by atoms with Crippen LogP contribution in [0.1, 0.15) is 16.3 Å². The third-order valence-corrected chi connectivity index (χ3v) is 3.38. The Morgan fingerprint density at radius 1 is 1.33 bits per heavy atom. The number of nitrogens with zero attached hydrogens (tertiary/aromatic N) is 1. The van der Waals surface area contributed by atoms with Crippen LogP contribution < -0.4 is 0 Å². The summed E-state index contributed by atoms with van der Waals surface area (Å²) in [5.41, 5.74) is 0.952. The fourth-order valence-electron chi connectivity index (χ4n) is 1.61. The van der Waals surface area contributed by atoms with E-state index in [0.29, 0.717) is 5.01 Å². The summed E-state index contributed by atoms with van der Waals surface area (Å²) in [4.78, 5) is 15.9. The molecule has 0 saturated carbocycles. The molecule has 0 aliphatic rings. The third-order valence-electron chi connectivity index (χ3n) is 2.41. The number of thiazole rings is 1. The minimum atomic E-state index is -0.555. The van der Waals surface area contributed by atoms with E-state index in [1.165, 1.54) is 11.3 Å². The van der Waals surface area contributed by atoms with Crippen molar-refractivity contribution >= 4 is 17.1 Å². The van der Waals surface area contributed by atoms with Crippen molar-refractivity contribution in [2.24, 2.45) is 0 Å². The van der Waals surface area contributed by atoms with Crippen LogP contribution in [0.4, 0.5) is 8.78 Å². The molecule has 0 amide bonds. The van der Waals surface area contributed by atoms with Crippen LogP contribution in [0.2, 0.25) is 0 Å². The highest BCUT2D eigenvalue weighted by Gasteiger charge is 2.11. The lowest BCUT2D eigenvalue weighted by Crippen LogP contribution is -2.08. The Kier molecular flexibility index (Phi) is 3.81. The lowest BCUT2D eigenvalue weighted by atomic mass is 10.1. The SMILES string of the molecule is Cc1csc(CC(=O)Cc2cc(F)ccc2F)n1. The first-order chi connectivity index (χ1) is 8.54. The molecule has 18 heavy (non-hydrogen) atoms. The number of Topliss-reactive ketones (excluding diaryl/α,β-unsaturated/α-hetero) is 1. The topological polar surface area (TPSA) is 30.0 Å². The van der Waals surface area contributed by atoms with E-state index in [-0.39, 0.29) is 24.2 Å². The van der Waals surface area contributed by atoms with Gasteiger partial charge in [0.25, 0.3) is 0 Å². The molecule has 0 unspecified atom stereocenters. The van der Waals surface area contributed by atoms with Crippen LogP contribution in [-0.2, 0) is 17.6 Å². The number of rotatable bonds is 4. The predicted molar refractivity (Wildman–Crippen MR) is 65.6 cm³/mol. The molecule has 0 aliphatic carbocycles. The summed E-state index contributed by atoms with van der Waals surface area (Å²) in [5, 5.41) is 2.56. The second kappa shape index (κ2) is 5.35. The summed E-state index contributed by atoms with van der Waals surface area (Å²) in [5.74, 6) is -1.27. The van der Waals surface area contributed by atoms with Crippen LogP contribution in [0.5, 0.6) is 0 Å². The zero-order valence-corrected chi connectivity index (χ0v) is 10.6. The van der Waals surface area contributed by atoms with E-state index >= 15 is 0 Å². The fourth-order valence-corrected chi connectivity index (χ4v) is 2.41. The molecule has 1 aromatic heterocycles. The van der Waals surface area contributed by atoms with Crippen LogP contribution in [0.25, 0.3) is 0 Å². The van der Waals surface area contributed by atoms with Gasteiger partial charge in [-0.3, -0.25) is 4.79 Å². The lowest BCUT2D eigenvalue weighted by molar-refractivity contribution is -0.117. The second-order valence-corrected chi connectivity index (χ2v) is 4.95. The molecule has 0 atom stereocenters. The summed E-state index contributed by atoms with van der Waals surface area (Å²) in [6, 6.07) is 3.12. The van der Waals surface area contributed by atoms with E-state index in [1.807, 2.05) is 12.3 Å². The molecule has 0 spiro atoms. The fraction of sp³-hybridized carbons (Fsp3) is 0.231. The maximum Gasteiger partial charge on any atom is 0.144 e. The van der Waals surface area contributed by atoms with Crippen molar-refractivity contribution in [1.82, 2.24) is 4.98 Å². The van der Waals surface area contributed by atoms with Crippen molar-refractivity contribution in [3.05, 3.63) is 51.5 Å². The minimum absolute atomic E-state index is 0.0910. The molecule has 2 rings (SSSR count). The van der Waals surface area contributed by atoms with Gasteiger partial charge in [0.2, 0.25) is 0 Å². The molecule has 2 aromatic rings. The van der Waals surface area contributed by atoms with Crippen molar-refractivity contribution < 1.29 is 13.6 Å². The summed E-state index contributed by atoms with van der Waals surface area (Å²) in [6.45, 7) is 1.84. The highest BCUT2D eigenvalue weighted by atomic mass is 32.1. The maximum absolute atomic E-state index is 13.3. The average molecular weight is 267 g/mol. The molecular weight excluding hydrogens is 256 g/mol. The van der Waals surface area contributed by atoms with Gasteiger partial charge < -0.3 is 0 Å². The zero-order valence-electron chi connectivity index (χ0n) is 9.74. The Labute approximate surface area is 107 Å². The number of aryl methyl sites for hydroxylation is 1. The third kappa shape index (κ3) is 3.20. The van der Waals surface area contributed by atoms with Gasteiger partial charge in [0.15, 0.2) is 0 Å². The van der Waals surface area contributed by atoms with Gasteiger partial charge in [0, 0.05) is 17.5 Å². The normalized spacial score (nSPS) is 10.6. The molecule has 0 N–H and O–H groups in total. The number of carbonyl (C=O) groups is 1. The summed E-state index contributed by atoms with van der Waals surface area (Å²) in [7, 11) is 0. The Bertz CT molecular complexity index is 580. The number of halogens is 2. The zero-order chi connectivity index (χ0) is 13.1. The van der Waals surface area contributed by atoms with Gasteiger partial charge in [-0.25, -0.2) is 13.8 Å². The highest BCUT2D eigenvalue weighted by molar-refractivity contribution is 7.09. The maximum atomic E-state index is 13.3. The standard InChI is InChI=1S/C13H11F2NOS/c1-8-7-18-13(16-8)6-11(17)5-9-4-10(14)2-3-12(9)15/h2-4,7H,5-6H2,1H3. The van der Waals surface area contributed by atoms with Gasteiger partial charge in [-0.1, -0.05) is 0 Å². The molecule has 5 heteroatoms. The number of aromatic nitrogens is 1. The molecule has 2 nitrogen and oxygen atoms in total. The smallest absolute Gasteiger partial charge is 0.144 e. The first kappa shape index (κ1) is 12.8. The molecule has 94 valence electrons. The molecule has 0 saturated heterocycles. The summed E-state index contributed by atoms with van der Waals surface area (Å²) in [6.07, 6.45) is 0.0523. The van der Waals surface area contributed by atoms with Gasteiger partial charge >= 0.3 is 0 Å². The van der Waals surface area contributed by atoms with E-state index in [0.717, 1.165) is 23.9 Å². The molecule has 0 fully saturated rings. The second-order valence-electron chi connectivity index (χ2n) is 4.01. The Morgan fingerprint density at radius 3 is 2.78 bits per heavy atom. The quantitative estimate of drug-likeness (QED) is 0.852. The van der Waals surface area contributed by atoms with E-state index < -0.39 is 11.6 Å². The first-order valence-electron chi connectivity index (χ1n) is 5.41. The van der Waals surface area contributed by atoms with Crippen LogP contribution in [0.3, 0.4) is 0 Å². The van der Waals surface area contributed by atoms with E-state index in [2.05, 4.69) is 4.98 Å². The van der Waals surface area contributed by atoms with Crippen LogP contribution in [0.15, 0.2) is 23.6 Å². The Hall–Kier alpha value is -1.62. The van der Waals surface area contributed by atoms with E-state index in [1.54, 1.807) is 0 Å². The molecule has 0 bridgehead atoms. The highest BCUT2D eigenvalue weighted by Crippen LogP contribution is 2.14. The number of ketones is 1. The van der Waals surface area contributed by atoms with Crippen molar-refractivity contribution in [1.29, 1.82) is 0 Å². The molecule has 1 aromatic carbocycles. The molecule has 0 radical (unpaired) electrons. The van der Waals surface area contributed by atoms with Crippen LogP contribution in [0, 0.1) is 18.6 Å². The number of benzene rings is 1. The number of hydrogen-bond acceptors (Lipinski definition) is 3. The summed E-state index contributed by atoms with van der Waals surface area (Å²) >= 11 is 1.40. The number of hydrogen-bond donors (Lipinski definition) is 0.